The van der Waals surface area contributed by atoms with Gasteiger partial charge in [-0.05, 0) is 54.9 Å². The van der Waals surface area contributed by atoms with Gasteiger partial charge in [-0.15, -0.1) is 0 Å². The molecule has 3 aromatic rings. The Morgan fingerprint density at radius 3 is 2.79 bits per heavy atom. The zero-order valence-electron chi connectivity index (χ0n) is 18.7. The molecule has 1 aliphatic carbocycles. The van der Waals surface area contributed by atoms with E-state index in [1.54, 1.807) is 17.9 Å². The summed E-state index contributed by atoms with van der Waals surface area (Å²) < 4.78 is 23.4. The van der Waals surface area contributed by atoms with E-state index in [4.69, 9.17) is 4.74 Å². The molecule has 176 valence electrons. The summed E-state index contributed by atoms with van der Waals surface area (Å²) in [6.07, 6.45) is 5.38. The average molecular weight is 483 g/mol. The lowest BCUT2D eigenvalue weighted by Gasteiger charge is -2.28. The number of ether oxygens (including phenoxy) is 1. The Morgan fingerprint density at radius 2 is 2.12 bits per heavy atom. The summed E-state index contributed by atoms with van der Waals surface area (Å²) in [6, 6.07) is 4.71. The Bertz CT molecular complexity index is 1250. The quantitative estimate of drug-likeness (QED) is 0.553. The Morgan fingerprint density at radius 1 is 1.29 bits per heavy atom. The summed E-state index contributed by atoms with van der Waals surface area (Å²) >= 11 is 1.24. The SMILES string of the molecule is COC(=O)c1cnc(C2CC2)nc1NC(=O)N1CC[C@](c2ccc(C)c(F)c2)(c2ncns2)C1. The van der Waals surface area contributed by atoms with Crippen LogP contribution < -0.4 is 5.32 Å². The molecule has 11 heteroatoms. The second kappa shape index (κ2) is 8.71. The second-order valence-corrected chi connectivity index (χ2v) is 9.43. The first-order chi connectivity index (χ1) is 16.4. The number of amides is 2. The van der Waals surface area contributed by atoms with Crippen LogP contribution in [0.1, 0.15) is 57.5 Å². The third-order valence-electron chi connectivity index (χ3n) is 6.43. The summed E-state index contributed by atoms with van der Waals surface area (Å²) in [5, 5.41) is 3.50. The van der Waals surface area contributed by atoms with Gasteiger partial charge in [0.15, 0.2) is 5.82 Å². The van der Waals surface area contributed by atoms with E-state index in [2.05, 4.69) is 24.6 Å². The van der Waals surface area contributed by atoms with Crippen molar-refractivity contribution < 1.29 is 18.7 Å². The molecule has 1 saturated heterocycles. The maximum absolute atomic E-state index is 14.5. The van der Waals surface area contributed by atoms with Gasteiger partial charge in [0, 0.05) is 25.2 Å². The fraction of sp³-hybridized carbons (Fsp3) is 0.391. The number of aryl methyl sites for hydroxylation is 1. The first-order valence-electron chi connectivity index (χ1n) is 11.0. The Kier molecular flexibility index (Phi) is 5.72. The number of carbonyl (C=O) groups excluding carboxylic acids is 2. The van der Waals surface area contributed by atoms with Crippen LogP contribution in [0.3, 0.4) is 0 Å². The number of urea groups is 1. The summed E-state index contributed by atoms with van der Waals surface area (Å²) in [5.41, 5.74) is 0.712. The van der Waals surface area contributed by atoms with Gasteiger partial charge in [0.05, 0.1) is 12.5 Å². The van der Waals surface area contributed by atoms with Crippen LogP contribution in [0, 0.1) is 12.7 Å². The van der Waals surface area contributed by atoms with Crippen LogP contribution in [-0.2, 0) is 10.2 Å². The summed E-state index contributed by atoms with van der Waals surface area (Å²) in [4.78, 5) is 40.2. The molecular formula is C23H23FN6O3S. The minimum Gasteiger partial charge on any atom is -0.465 e. The molecular weight excluding hydrogens is 459 g/mol. The van der Waals surface area contributed by atoms with E-state index in [1.165, 1.54) is 37.2 Å². The van der Waals surface area contributed by atoms with E-state index in [0.29, 0.717) is 24.4 Å². The highest BCUT2D eigenvalue weighted by molar-refractivity contribution is 7.05. The molecule has 0 unspecified atom stereocenters. The van der Waals surface area contributed by atoms with Gasteiger partial charge in [0.1, 0.15) is 28.5 Å². The van der Waals surface area contributed by atoms with Crippen molar-refractivity contribution in [1.29, 1.82) is 0 Å². The van der Waals surface area contributed by atoms with Crippen molar-refractivity contribution in [2.45, 2.75) is 37.5 Å². The predicted octanol–water partition coefficient (Wildman–Crippen LogP) is 3.66. The molecule has 2 amide bonds. The smallest absolute Gasteiger partial charge is 0.343 e. The van der Waals surface area contributed by atoms with Crippen molar-refractivity contribution in [3.05, 3.63) is 64.1 Å². The lowest BCUT2D eigenvalue weighted by atomic mass is 9.80. The molecule has 1 aromatic carbocycles. The molecule has 1 atom stereocenters. The Labute approximate surface area is 199 Å². The minimum atomic E-state index is -0.678. The zero-order valence-corrected chi connectivity index (χ0v) is 19.6. The van der Waals surface area contributed by atoms with Crippen molar-refractivity contribution in [2.24, 2.45) is 0 Å². The number of carbonyl (C=O) groups is 2. The number of benzene rings is 1. The summed E-state index contributed by atoms with van der Waals surface area (Å²) in [6.45, 7) is 2.40. The second-order valence-electron chi connectivity index (χ2n) is 8.65. The number of hydrogen-bond acceptors (Lipinski definition) is 8. The lowest BCUT2D eigenvalue weighted by molar-refractivity contribution is 0.0601. The summed E-state index contributed by atoms with van der Waals surface area (Å²) in [5.74, 6) is 0.0416. The van der Waals surface area contributed by atoms with E-state index in [-0.39, 0.29) is 29.7 Å². The van der Waals surface area contributed by atoms with Crippen LogP contribution >= 0.6 is 11.5 Å². The molecule has 2 aliphatic rings. The third kappa shape index (κ3) is 4.00. The first-order valence-corrected chi connectivity index (χ1v) is 11.7. The molecule has 5 rings (SSSR count). The number of likely N-dealkylation sites (tertiary alicyclic amines) is 1. The normalized spacial score (nSPS) is 19.8. The van der Waals surface area contributed by atoms with E-state index < -0.39 is 17.4 Å². The van der Waals surface area contributed by atoms with Crippen molar-refractivity contribution >= 4 is 29.4 Å². The van der Waals surface area contributed by atoms with Crippen molar-refractivity contribution in [2.75, 3.05) is 25.5 Å². The van der Waals surface area contributed by atoms with Crippen LogP contribution in [-0.4, -0.2) is 56.4 Å². The molecule has 0 spiro atoms. The fourth-order valence-corrected chi connectivity index (χ4v) is 5.01. The van der Waals surface area contributed by atoms with Gasteiger partial charge < -0.3 is 9.64 Å². The zero-order chi connectivity index (χ0) is 23.9. The molecule has 2 fully saturated rings. The monoisotopic (exact) mass is 482 g/mol. The fourth-order valence-electron chi connectivity index (χ4n) is 4.26. The number of anilines is 1. The van der Waals surface area contributed by atoms with Crippen molar-refractivity contribution in [3.8, 4) is 0 Å². The van der Waals surface area contributed by atoms with E-state index in [0.717, 1.165) is 23.4 Å². The number of aromatic nitrogens is 4. The number of nitrogens with one attached hydrogen (secondary N) is 1. The van der Waals surface area contributed by atoms with Gasteiger partial charge >= 0.3 is 12.0 Å². The molecule has 0 bridgehead atoms. The average Bonchev–Trinajstić information content (AvgIpc) is 3.34. The number of halogens is 1. The Balaban J connectivity index is 1.43. The highest BCUT2D eigenvalue weighted by atomic mass is 32.1. The van der Waals surface area contributed by atoms with Crippen LogP contribution in [0.4, 0.5) is 15.0 Å². The third-order valence-corrected chi connectivity index (χ3v) is 7.30. The van der Waals surface area contributed by atoms with Gasteiger partial charge in [-0.2, -0.15) is 4.37 Å². The number of rotatable bonds is 5. The molecule has 34 heavy (non-hydrogen) atoms. The van der Waals surface area contributed by atoms with Gasteiger partial charge in [-0.1, -0.05) is 12.1 Å². The first kappa shape index (κ1) is 22.3. The maximum atomic E-state index is 14.5. The lowest BCUT2D eigenvalue weighted by Crippen LogP contribution is -2.38. The largest absolute Gasteiger partial charge is 0.465 e. The van der Waals surface area contributed by atoms with Crippen molar-refractivity contribution in [1.82, 2.24) is 24.2 Å². The van der Waals surface area contributed by atoms with Gasteiger partial charge in [-0.3, -0.25) is 5.32 Å². The summed E-state index contributed by atoms with van der Waals surface area (Å²) in [7, 11) is 1.26. The Hall–Kier alpha value is -3.47. The number of nitrogens with zero attached hydrogens (tertiary/aromatic N) is 5. The van der Waals surface area contributed by atoms with Gasteiger partial charge in [0.25, 0.3) is 0 Å². The maximum Gasteiger partial charge on any atom is 0.343 e. The standard InChI is InChI=1S/C23H23FN6O3S/c1-13-3-6-15(9-17(13)24)23(21-26-12-27-34-21)7-8-30(11-23)22(32)29-19-16(20(31)33-2)10-25-18(28-19)14-4-5-14/h3,6,9-10,12,14H,4-5,7-8,11H2,1-2H3,(H,25,28,29,32)/t23-/m0/s1. The van der Waals surface area contributed by atoms with E-state index in [9.17, 15) is 14.0 Å². The molecule has 1 aliphatic heterocycles. The highest BCUT2D eigenvalue weighted by Gasteiger charge is 2.45. The van der Waals surface area contributed by atoms with E-state index >= 15 is 0 Å². The van der Waals surface area contributed by atoms with Crippen molar-refractivity contribution in [3.63, 3.8) is 0 Å². The number of hydrogen-bond donors (Lipinski definition) is 1. The topological polar surface area (TPSA) is 110 Å². The number of esters is 1. The van der Waals surface area contributed by atoms with Crippen LogP contribution in [0.2, 0.25) is 0 Å². The van der Waals surface area contributed by atoms with Gasteiger partial charge in [-0.25, -0.2) is 28.9 Å². The van der Waals surface area contributed by atoms with Crippen LogP contribution in [0.25, 0.3) is 0 Å². The van der Waals surface area contributed by atoms with Crippen LogP contribution in [0.5, 0.6) is 0 Å². The van der Waals surface area contributed by atoms with Gasteiger partial charge in [0.2, 0.25) is 0 Å². The molecule has 0 radical (unpaired) electrons. The molecule has 2 aromatic heterocycles. The molecule has 1 N–H and O–H groups in total. The number of methoxy groups -OCH3 is 1. The van der Waals surface area contributed by atoms with Crippen LogP contribution in [0.15, 0.2) is 30.7 Å². The van der Waals surface area contributed by atoms with E-state index in [1.807, 2.05) is 6.07 Å². The molecule has 1 saturated carbocycles. The molecule has 3 heterocycles. The predicted molar refractivity (Wildman–Crippen MR) is 122 cm³/mol. The minimum absolute atomic E-state index is 0.0930. The highest BCUT2D eigenvalue weighted by Crippen LogP contribution is 2.42. The molecule has 9 nitrogen and oxygen atoms in total.